The average Bonchev–Trinajstić information content (AvgIpc) is 2.29. The standard InChI is InChI=1S/C14H19BrClNO/c1-10(2)7-13(16)9-17-14(18)8-11-3-5-12(15)6-4-11/h3-6,10,13H,7-9H2,1-2H3,(H,17,18). The highest BCUT2D eigenvalue weighted by atomic mass is 79.9. The lowest BCUT2D eigenvalue weighted by Crippen LogP contribution is -2.31. The van der Waals surface area contributed by atoms with E-state index in [0.717, 1.165) is 16.5 Å². The summed E-state index contributed by atoms with van der Waals surface area (Å²) in [6, 6.07) is 7.75. The van der Waals surface area contributed by atoms with Crippen molar-refractivity contribution in [3.8, 4) is 0 Å². The predicted octanol–water partition coefficient (Wildman–Crippen LogP) is 3.76. The van der Waals surface area contributed by atoms with Crippen molar-refractivity contribution in [2.24, 2.45) is 5.92 Å². The smallest absolute Gasteiger partial charge is 0.224 e. The van der Waals surface area contributed by atoms with Gasteiger partial charge in [-0.15, -0.1) is 11.6 Å². The molecule has 1 unspecified atom stereocenters. The third-order valence-corrected chi connectivity index (χ3v) is 3.39. The summed E-state index contributed by atoms with van der Waals surface area (Å²) in [5.74, 6) is 0.572. The van der Waals surface area contributed by atoms with Gasteiger partial charge in [-0.25, -0.2) is 0 Å². The predicted molar refractivity (Wildman–Crippen MR) is 80.0 cm³/mol. The summed E-state index contributed by atoms with van der Waals surface area (Å²) in [6.07, 6.45) is 1.32. The Balaban J connectivity index is 2.31. The quantitative estimate of drug-likeness (QED) is 0.790. The van der Waals surface area contributed by atoms with Gasteiger partial charge in [-0.05, 0) is 30.0 Å². The molecule has 0 bridgehead atoms. The molecule has 0 spiro atoms. The highest BCUT2D eigenvalue weighted by molar-refractivity contribution is 9.10. The van der Waals surface area contributed by atoms with Gasteiger partial charge in [0.2, 0.25) is 5.91 Å². The van der Waals surface area contributed by atoms with E-state index in [4.69, 9.17) is 11.6 Å². The van der Waals surface area contributed by atoms with Crippen LogP contribution in [0.15, 0.2) is 28.7 Å². The fraction of sp³-hybridized carbons (Fsp3) is 0.500. The molecule has 1 aromatic carbocycles. The Morgan fingerprint density at radius 3 is 2.50 bits per heavy atom. The maximum Gasteiger partial charge on any atom is 0.224 e. The van der Waals surface area contributed by atoms with Crippen molar-refractivity contribution >= 4 is 33.4 Å². The molecule has 100 valence electrons. The van der Waals surface area contributed by atoms with Gasteiger partial charge in [0.05, 0.1) is 11.8 Å². The molecule has 18 heavy (non-hydrogen) atoms. The highest BCUT2D eigenvalue weighted by Gasteiger charge is 2.09. The van der Waals surface area contributed by atoms with Crippen LogP contribution in [0.2, 0.25) is 0 Å². The SMILES string of the molecule is CC(C)CC(Cl)CNC(=O)Cc1ccc(Br)cc1. The Morgan fingerprint density at radius 2 is 1.94 bits per heavy atom. The van der Waals surface area contributed by atoms with E-state index >= 15 is 0 Å². The number of hydrogen-bond donors (Lipinski definition) is 1. The molecule has 1 aromatic rings. The summed E-state index contributed by atoms with van der Waals surface area (Å²) in [6.45, 7) is 4.78. The number of halogens is 2. The summed E-state index contributed by atoms with van der Waals surface area (Å²) in [5, 5.41) is 2.88. The molecule has 4 heteroatoms. The molecule has 1 N–H and O–H groups in total. The van der Waals surface area contributed by atoms with Crippen molar-refractivity contribution in [3.63, 3.8) is 0 Å². The minimum absolute atomic E-state index is 0.0128. The molecule has 0 radical (unpaired) electrons. The first-order chi connectivity index (χ1) is 8.47. The van der Waals surface area contributed by atoms with Gasteiger partial charge in [0.1, 0.15) is 0 Å². The molecule has 0 heterocycles. The van der Waals surface area contributed by atoms with Crippen LogP contribution >= 0.6 is 27.5 Å². The number of nitrogens with one attached hydrogen (secondary N) is 1. The average molecular weight is 333 g/mol. The minimum Gasteiger partial charge on any atom is -0.354 e. The van der Waals surface area contributed by atoms with Crippen molar-refractivity contribution < 1.29 is 4.79 Å². The second-order valence-electron chi connectivity index (χ2n) is 4.83. The van der Waals surface area contributed by atoms with Crippen LogP contribution < -0.4 is 5.32 Å². The number of carbonyl (C=O) groups is 1. The summed E-state index contributed by atoms with van der Waals surface area (Å²) in [5.41, 5.74) is 1.01. The van der Waals surface area contributed by atoms with Gasteiger partial charge in [-0.3, -0.25) is 4.79 Å². The maximum atomic E-state index is 11.7. The number of benzene rings is 1. The van der Waals surface area contributed by atoms with Crippen molar-refractivity contribution in [3.05, 3.63) is 34.3 Å². The van der Waals surface area contributed by atoms with Crippen LogP contribution in [0.1, 0.15) is 25.8 Å². The Morgan fingerprint density at radius 1 is 1.33 bits per heavy atom. The summed E-state index contributed by atoms with van der Waals surface area (Å²) in [7, 11) is 0. The van der Waals surface area contributed by atoms with Gasteiger partial charge in [0.25, 0.3) is 0 Å². The molecule has 1 rings (SSSR count). The van der Waals surface area contributed by atoms with Gasteiger partial charge in [-0.1, -0.05) is 41.9 Å². The zero-order valence-electron chi connectivity index (χ0n) is 10.7. The molecule has 0 saturated heterocycles. The van der Waals surface area contributed by atoms with E-state index < -0.39 is 0 Å². The minimum atomic E-state index is 0.0128. The van der Waals surface area contributed by atoms with E-state index in [9.17, 15) is 4.79 Å². The van der Waals surface area contributed by atoms with Crippen LogP contribution in [0.5, 0.6) is 0 Å². The molecular weight excluding hydrogens is 314 g/mol. The van der Waals surface area contributed by atoms with E-state index in [1.165, 1.54) is 0 Å². The third-order valence-electron chi connectivity index (χ3n) is 2.53. The fourth-order valence-electron chi connectivity index (χ4n) is 1.67. The first-order valence-electron chi connectivity index (χ1n) is 6.12. The molecule has 0 aliphatic heterocycles. The van der Waals surface area contributed by atoms with Crippen molar-refractivity contribution in [2.75, 3.05) is 6.54 Å². The van der Waals surface area contributed by atoms with E-state index in [1.54, 1.807) is 0 Å². The molecule has 0 saturated carbocycles. The van der Waals surface area contributed by atoms with Gasteiger partial charge >= 0.3 is 0 Å². The summed E-state index contributed by atoms with van der Waals surface area (Å²) >= 11 is 9.49. The maximum absolute atomic E-state index is 11.7. The van der Waals surface area contributed by atoms with E-state index in [1.807, 2.05) is 24.3 Å². The monoisotopic (exact) mass is 331 g/mol. The van der Waals surface area contributed by atoms with E-state index in [-0.39, 0.29) is 11.3 Å². The number of amides is 1. The second-order valence-corrected chi connectivity index (χ2v) is 6.37. The highest BCUT2D eigenvalue weighted by Crippen LogP contribution is 2.11. The van der Waals surface area contributed by atoms with E-state index in [0.29, 0.717) is 18.9 Å². The number of rotatable bonds is 6. The summed E-state index contributed by atoms with van der Waals surface area (Å²) < 4.78 is 1.02. The van der Waals surface area contributed by atoms with Crippen LogP contribution in [-0.2, 0) is 11.2 Å². The molecule has 0 aliphatic carbocycles. The van der Waals surface area contributed by atoms with Gasteiger partial charge in [0, 0.05) is 11.0 Å². The van der Waals surface area contributed by atoms with Crippen LogP contribution in [-0.4, -0.2) is 17.8 Å². The molecule has 0 fully saturated rings. The lowest BCUT2D eigenvalue weighted by Gasteiger charge is -2.13. The van der Waals surface area contributed by atoms with Gasteiger partial charge < -0.3 is 5.32 Å². The third kappa shape index (κ3) is 6.41. The normalized spacial score (nSPS) is 12.5. The fourth-order valence-corrected chi connectivity index (χ4v) is 2.37. The topological polar surface area (TPSA) is 29.1 Å². The zero-order chi connectivity index (χ0) is 13.5. The first kappa shape index (κ1) is 15.5. The van der Waals surface area contributed by atoms with Crippen LogP contribution in [0.3, 0.4) is 0 Å². The molecule has 1 atom stereocenters. The molecular formula is C14H19BrClNO. The number of hydrogen-bond acceptors (Lipinski definition) is 1. The Bertz CT molecular complexity index is 378. The lowest BCUT2D eigenvalue weighted by atomic mass is 10.1. The van der Waals surface area contributed by atoms with Crippen molar-refractivity contribution in [1.29, 1.82) is 0 Å². The van der Waals surface area contributed by atoms with Crippen LogP contribution in [0.25, 0.3) is 0 Å². The Kier molecular flexibility index (Phi) is 6.72. The molecule has 1 amide bonds. The Labute approximate surface area is 122 Å². The zero-order valence-corrected chi connectivity index (χ0v) is 13.1. The van der Waals surface area contributed by atoms with Crippen LogP contribution in [0, 0.1) is 5.92 Å². The molecule has 2 nitrogen and oxygen atoms in total. The summed E-state index contributed by atoms with van der Waals surface area (Å²) in [4.78, 5) is 11.7. The number of alkyl halides is 1. The molecule has 0 aromatic heterocycles. The van der Waals surface area contributed by atoms with E-state index in [2.05, 4.69) is 35.1 Å². The van der Waals surface area contributed by atoms with Gasteiger partial charge in [0.15, 0.2) is 0 Å². The lowest BCUT2D eigenvalue weighted by molar-refractivity contribution is -0.120. The van der Waals surface area contributed by atoms with Crippen molar-refractivity contribution in [2.45, 2.75) is 32.1 Å². The largest absolute Gasteiger partial charge is 0.354 e. The number of carbonyl (C=O) groups excluding carboxylic acids is 1. The second kappa shape index (κ2) is 7.80. The molecule has 0 aliphatic rings. The first-order valence-corrected chi connectivity index (χ1v) is 7.35. The Hall–Kier alpha value is -0.540. The van der Waals surface area contributed by atoms with Crippen molar-refractivity contribution in [1.82, 2.24) is 5.32 Å². The van der Waals surface area contributed by atoms with Crippen LogP contribution in [0.4, 0.5) is 0 Å². The van der Waals surface area contributed by atoms with Gasteiger partial charge in [-0.2, -0.15) is 0 Å².